The number of benzene rings is 1. The van der Waals surface area contributed by atoms with Crippen molar-refractivity contribution < 1.29 is 12.8 Å². The zero-order valence-corrected chi connectivity index (χ0v) is 14.2. The Labute approximate surface area is 136 Å². The fourth-order valence-electron chi connectivity index (χ4n) is 2.84. The van der Waals surface area contributed by atoms with E-state index in [1.165, 1.54) is 10.6 Å². The quantitative estimate of drug-likeness (QED) is 0.849. The molecule has 0 spiro atoms. The van der Waals surface area contributed by atoms with Crippen LogP contribution in [0.1, 0.15) is 30.3 Å². The van der Waals surface area contributed by atoms with Crippen molar-refractivity contribution in [2.45, 2.75) is 26.4 Å². The first-order valence-electron chi connectivity index (χ1n) is 7.46. The number of hydrogen-bond donors (Lipinski definition) is 0. The van der Waals surface area contributed by atoms with Gasteiger partial charge in [-0.05, 0) is 18.6 Å². The Hall–Kier alpha value is -1.93. The molecule has 0 unspecified atom stereocenters. The Kier molecular flexibility index (Phi) is 4.11. The largest absolute Gasteiger partial charge is 0.424 e. The summed E-state index contributed by atoms with van der Waals surface area (Å²) in [5, 5.41) is 7.96. The number of rotatable bonds is 3. The molecule has 1 aliphatic heterocycles. The molecule has 0 N–H and O–H groups in total. The molecular weight excluding hydrogens is 316 g/mol. The molecule has 0 saturated carbocycles. The molecule has 0 radical (unpaired) electrons. The highest BCUT2D eigenvalue weighted by Crippen LogP contribution is 2.30. The van der Waals surface area contributed by atoms with Gasteiger partial charge in [-0.15, -0.1) is 10.2 Å². The maximum Gasteiger partial charge on any atom is 0.233 e. The summed E-state index contributed by atoms with van der Waals surface area (Å²) in [5.41, 5.74) is 1.71. The maximum absolute atomic E-state index is 12.1. The highest BCUT2D eigenvalue weighted by Gasteiger charge is 2.29. The van der Waals surface area contributed by atoms with E-state index in [0.29, 0.717) is 31.4 Å². The van der Waals surface area contributed by atoms with Crippen molar-refractivity contribution in [1.82, 2.24) is 15.1 Å². The summed E-state index contributed by atoms with van der Waals surface area (Å²) in [6, 6.07) is 7.50. The number of aryl methyl sites for hydroxylation is 1. The van der Waals surface area contributed by atoms with Gasteiger partial charge in [0.2, 0.25) is 21.8 Å². The second kappa shape index (κ2) is 5.93. The average Bonchev–Trinajstić information content (AvgIpc) is 2.82. The van der Waals surface area contributed by atoms with Gasteiger partial charge >= 0.3 is 0 Å². The first-order chi connectivity index (χ1) is 10.9. The van der Waals surface area contributed by atoms with E-state index >= 15 is 0 Å². The van der Waals surface area contributed by atoms with E-state index in [0.717, 1.165) is 11.3 Å². The fourth-order valence-corrected chi connectivity index (χ4v) is 3.79. The Balaban J connectivity index is 1.94. The Morgan fingerprint density at radius 2 is 1.96 bits per heavy atom. The van der Waals surface area contributed by atoms with Crippen LogP contribution in [0.25, 0.3) is 0 Å². The van der Waals surface area contributed by atoms with Crippen LogP contribution in [0.5, 0.6) is 0 Å². The van der Waals surface area contributed by atoms with Gasteiger partial charge in [0.1, 0.15) is 0 Å². The summed E-state index contributed by atoms with van der Waals surface area (Å²) in [4.78, 5) is 2.15. The highest BCUT2D eigenvalue weighted by molar-refractivity contribution is 7.92. The molecule has 1 aromatic heterocycles. The number of sulfonamides is 1. The lowest BCUT2D eigenvalue weighted by atomic mass is 10.1. The Morgan fingerprint density at radius 3 is 2.61 bits per heavy atom. The number of fused-ring (bicyclic) bond motifs is 1. The van der Waals surface area contributed by atoms with Crippen molar-refractivity contribution in [3.8, 4) is 0 Å². The van der Waals surface area contributed by atoms with E-state index in [9.17, 15) is 8.42 Å². The fraction of sp³-hybridized carbons (Fsp3) is 0.467. The van der Waals surface area contributed by atoms with Gasteiger partial charge in [-0.1, -0.05) is 18.2 Å². The minimum absolute atomic E-state index is 0.0798. The van der Waals surface area contributed by atoms with E-state index in [1.54, 1.807) is 6.92 Å². The molecule has 2 heterocycles. The van der Waals surface area contributed by atoms with Gasteiger partial charge in [0, 0.05) is 26.6 Å². The standard InChI is InChI=1S/C15H20N4O3S/c1-11(15-17-16-12(2)22-15)18-8-9-19(23(3,20)21)14-7-5-4-6-13(14)10-18/h4-7,11H,8-10H2,1-3H3/t11-/m1/s1. The summed E-state index contributed by atoms with van der Waals surface area (Å²) in [6.45, 7) is 5.36. The number of para-hydroxylation sites is 1. The number of nitrogens with zero attached hydrogens (tertiary/aromatic N) is 4. The van der Waals surface area contributed by atoms with Crippen molar-refractivity contribution >= 4 is 15.7 Å². The van der Waals surface area contributed by atoms with Crippen LogP contribution >= 0.6 is 0 Å². The SMILES string of the molecule is Cc1nnc([C@@H](C)N2CCN(S(C)(=O)=O)c3ccccc3C2)o1. The summed E-state index contributed by atoms with van der Waals surface area (Å²) in [7, 11) is -3.32. The molecule has 3 rings (SSSR count). The first kappa shape index (κ1) is 15.9. The lowest BCUT2D eigenvalue weighted by Crippen LogP contribution is -2.36. The first-order valence-corrected chi connectivity index (χ1v) is 9.31. The van der Waals surface area contributed by atoms with Gasteiger partial charge in [0.15, 0.2) is 0 Å². The second-order valence-corrected chi connectivity index (χ2v) is 7.68. The molecule has 8 heteroatoms. The molecular formula is C15H20N4O3S. The Bertz CT molecular complexity index is 803. The summed E-state index contributed by atoms with van der Waals surface area (Å²) < 4.78 is 31.2. The zero-order chi connectivity index (χ0) is 16.6. The van der Waals surface area contributed by atoms with E-state index in [4.69, 9.17) is 4.42 Å². The van der Waals surface area contributed by atoms with Crippen molar-refractivity contribution in [3.05, 3.63) is 41.6 Å². The highest BCUT2D eigenvalue weighted by atomic mass is 32.2. The van der Waals surface area contributed by atoms with Gasteiger partial charge in [-0.3, -0.25) is 9.21 Å². The van der Waals surface area contributed by atoms with Crippen LogP contribution in [0.3, 0.4) is 0 Å². The predicted octanol–water partition coefficient (Wildman–Crippen LogP) is 1.72. The van der Waals surface area contributed by atoms with Gasteiger partial charge in [0.25, 0.3) is 0 Å². The minimum atomic E-state index is -3.32. The summed E-state index contributed by atoms with van der Waals surface area (Å²) in [5.74, 6) is 1.08. The van der Waals surface area contributed by atoms with Crippen LogP contribution in [-0.4, -0.2) is 42.9 Å². The average molecular weight is 336 g/mol. The maximum atomic E-state index is 12.1. The van der Waals surface area contributed by atoms with Crippen molar-refractivity contribution in [1.29, 1.82) is 0 Å². The topological polar surface area (TPSA) is 79.5 Å². The monoisotopic (exact) mass is 336 g/mol. The third-order valence-electron chi connectivity index (χ3n) is 4.07. The van der Waals surface area contributed by atoms with E-state index in [1.807, 2.05) is 31.2 Å². The zero-order valence-electron chi connectivity index (χ0n) is 13.4. The molecule has 7 nitrogen and oxygen atoms in total. The number of hydrogen-bond acceptors (Lipinski definition) is 6. The molecule has 1 atom stereocenters. The van der Waals surface area contributed by atoms with Gasteiger partial charge < -0.3 is 4.42 Å². The summed E-state index contributed by atoms with van der Waals surface area (Å²) in [6.07, 6.45) is 1.24. The number of aromatic nitrogens is 2. The van der Waals surface area contributed by atoms with Crippen LogP contribution in [-0.2, 0) is 16.6 Å². The molecule has 0 aliphatic carbocycles. The second-order valence-electron chi connectivity index (χ2n) is 5.77. The predicted molar refractivity (Wildman–Crippen MR) is 86.5 cm³/mol. The van der Waals surface area contributed by atoms with Crippen LogP contribution < -0.4 is 4.31 Å². The molecule has 1 aromatic carbocycles. The molecule has 0 bridgehead atoms. The van der Waals surface area contributed by atoms with E-state index in [2.05, 4.69) is 15.1 Å². The molecule has 23 heavy (non-hydrogen) atoms. The third kappa shape index (κ3) is 3.23. The Morgan fingerprint density at radius 1 is 1.22 bits per heavy atom. The molecule has 2 aromatic rings. The molecule has 124 valence electrons. The van der Waals surface area contributed by atoms with Crippen molar-refractivity contribution in [2.75, 3.05) is 23.7 Å². The van der Waals surface area contributed by atoms with Gasteiger partial charge in [-0.2, -0.15) is 0 Å². The summed E-state index contributed by atoms with van der Waals surface area (Å²) >= 11 is 0. The third-order valence-corrected chi connectivity index (χ3v) is 5.25. The molecule has 0 fully saturated rings. The molecule has 0 saturated heterocycles. The van der Waals surface area contributed by atoms with Gasteiger partial charge in [0.05, 0.1) is 18.0 Å². The van der Waals surface area contributed by atoms with E-state index < -0.39 is 10.0 Å². The van der Waals surface area contributed by atoms with Crippen molar-refractivity contribution in [2.24, 2.45) is 0 Å². The van der Waals surface area contributed by atoms with Crippen LogP contribution in [0.15, 0.2) is 28.7 Å². The van der Waals surface area contributed by atoms with Crippen LogP contribution in [0, 0.1) is 6.92 Å². The van der Waals surface area contributed by atoms with E-state index in [-0.39, 0.29) is 6.04 Å². The van der Waals surface area contributed by atoms with Gasteiger partial charge in [-0.25, -0.2) is 8.42 Å². The van der Waals surface area contributed by atoms with Crippen molar-refractivity contribution in [3.63, 3.8) is 0 Å². The smallest absolute Gasteiger partial charge is 0.233 e. The lowest BCUT2D eigenvalue weighted by Gasteiger charge is -2.25. The normalized spacial score (nSPS) is 17.6. The lowest BCUT2D eigenvalue weighted by molar-refractivity contribution is 0.182. The minimum Gasteiger partial charge on any atom is -0.424 e. The van der Waals surface area contributed by atoms with Crippen LogP contribution in [0.2, 0.25) is 0 Å². The number of anilines is 1. The molecule has 1 aliphatic rings. The molecule has 0 amide bonds. The van der Waals surface area contributed by atoms with Crippen LogP contribution in [0.4, 0.5) is 5.69 Å².